The zero-order valence-corrected chi connectivity index (χ0v) is 9.71. The average molecular weight is 252 g/mol. The first-order valence-corrected chi connectivity index (χ1v) is 5.75. The Balaban J connectivity index is 1.89. The van der Waals surface area contributed by atoms with Crippen LogP contribution in [-0.2, 0) is 0 Å². The molecule has 1 fully saturated rings. The summed E-state index contributed by atoms with van der Waals surface area (Å²) in [5, 5.41) is 0.123. The molecule has 88 valence electrons. The molecule has 2 heterocycles. The molecule has 17 heavy (non-hydrogen) atoms. The number of ether oxygens (including phenoxy) is 1. The van der Waals surface area contributed by atoms with Crippen LogP contribution in [0.4, 0.5) is 0 Å². The molecule has 0 unspecified atom stereocenters. The van der Waals surface area contributed by atoms with Crippen LogP contribution in [0.25, 0.3) is 5.95 Å². The van der Waals surface area contributed by atoms with E-state index in [0.29, 0.717) is 5.95 Å². The molecule has 7 heteroatoms. The molecule has 0 radical (unpaired) electrons. The molecule has 0 amide bonds. The van der Waals surface area contributed by atoms with E-state index in [-0.39, 0.29) is 17.4 Å². The highest BCUT2D eigenvalue weighted by Crippen LogP contribution is 2.23. The quantitative estimate of drug-likeness (QED) is 0.830. The van der Waals surface area contributed by atoms with E-state index < -0.39 is 0 Å². The van der Waals surface area contributed by atoms with Crippen LogP contribution < -0.4 is 4.74 Å². The first-order chi connectivity index (χ1) is 8.31. The lowest BCUT2D eigenvalue weighted by molar-refractivity contribution is 0.108. The predicted octanol–water partition coefficient (Wildman–Crippen LogP) is 1.64. The number of aromatic nitrogens is 5. The van der Waals surface area contributed by atoms with E-state index in [4.69, 9.17) is 16.3 Å². The van der Waals surface area contributed by atoms with E-state index in [1.807, 2.05) is 0 Å². The zero-order valence-electron chi connectivity index (χ0n) is 8.95. The normalized spacial score (nSPS) is 15.6. The molecule has 0 N–H and O–H groups in total. The Morgan fingerprint density at radius 1 is 1.29 bits per heavy atom. The Hall–Kier alpha value is -1.69. The van der Waals surface area contributed by atoms with Gasteiger partial charge in [-0.2, -0.15) is 15.0 Å². The van der Waals surface area contributed by atoms with Crippen molar-refractivity contribution < 1.29 is 4.74 Å². The lowest BCUT2D eigenvalue weighted by Crippen LogP contribution is -2.25. The molecular formula is C10H10ClN5O. The molecule has 1 aliphatic carbocycles. The number of halogens is 1. The van der Waals surface area contributed by atoms with Gasteiger partial charge in [-0.25, -0.2) is 4.98 Å². The largest absolute Gasteiger partial charge is 0.460 e. The molecule has 1 aliphatic rings. The van der Waals surface area contributed by atoms with Crippen LogP contribution in [0.5, 0.6) is 6.01 Å². The summed E-state index contributed by atoms with van der Waals surface area (Å²) in [6, 6.07) is 0.276. The van der Waals surface area contributed by atoms with Crippen molar-refractivity contribution in [3.05, 3.63) is 24.0 Å². The van der Waals surface area contributed by atoms with E-state index in [9.17, 15) is 0 Å². The average Bonchev–Trinajstić information content (AvgIpc) is 2.76. The van der Waals surface area contributed by atoms with Gasteiger partial charge in [0.15, 0.2) is 0 Å². The summed E-state index contributed by atoms with van der Waals surface area (Å²) in [6.45, 7) is 0. The molecule has 3 rings (SSSR count). The molecular weight excluding hydrogens is 242 g/mol. The Kier molecular flexibility index (Phi) is 2.64. The first-order valence-electron chi connectivity index (χ1n) is 5.38. The van der Waals surface area contributed by atoms with Crippen molar-refractivity contribution in [2.24, 2.45) is 0 Å². The van der Waals surface area contributed by atoms with Crippen LogP contribution in [0.2, 0.25) is 5.28 Å². The summed E-state index contributed by atoms with van der Waals surface area (Å²) >= 11 is 5.84. The topological polar surface area (TPSA) is 65.7 Å². The summed E-state index contributed by atoms with van der Waals surface area (Å²) in [7, 11) is 0. The Morgan fingerprint density at radius 2 is 2.18 bits per heavy atom. The van der Waals surface area contributed by atoms with Crippen molar-refractivity contribution in [2.75, 3.05) is 0 Å². The van der Waals surface area contributed by atoms with Crippen LogP contribution >= 0.6 is 11.6 Å². The smallest absolute Gasteiger partial charge is 0.322 e. The van der Waals surface area contributed by atoms with Gasteiger partial charge < -0.3 is 4.74 Å². The van der Waals surface area contributed by atoms with Gasteiger partial charge in [0.1, 0.15) is 12.4 Å². The van der Waals surface area contributed by atoms with E-state index in [1.165, 1.54) is 6.42 Å². The highest BCUT2D eigenvalue weighted by atomic mass is 35.5. The number of hydrogen-bond donors (Lipinski definition) is 0. The Morgan fingerprint density at radius 3 is 2.82 bits per heavy atom. The van der Waals surface area contributed by atoms with Gasteiger partial charge in [-0.15, -0.1) is 0 Å². The molecule has 2 aromatic heterocycles. The molecule has 0 saturated heterocycles. The summed E-state index contributed by atoms with van der Waals surface area (Å²) in [4.78, 5) is 16.1. The molecule has 0 atom stereocenters. The lowest BCUT2D eigenvalue weighted by Gasteiger charge is -2.24. The highest BCUT2D eigenvalue weighted by molar-refractivity contribution is 6.28. The van der Waals surface area contributed by atoms with Crippen molar-refractivity contribution in [3.8, 4) is 12.0 Å². The van der Waals surface area contributed by atoms with Gasteiger partial charge in [-0.05, 0) is 30.9 Å². The predicted molar refractivity (Wildman–Crippen MR) is 60.2 cm³/mol. The van der Waals surface area contributed by atoms with Crippen LogP contribution in [0, 0.1) is 0 Å². The SMILES string of the molecule is Clc1nc(OC2CCC2)nc(-n2ccnc2)n1. The summed E-state index contributed by atoms with van der Waals surface area (Å²) in [5.41, 5.74) is 0. The maximum absolute atomic E-state index is 5.84. The second-order valence-electron chi connectivity index (χ2n) is 3.83. The Labute approximate surface area is 103 Å². The zero-order chi connectivity index (χ0) is 11.7. The van der Waals surface area contributed by atoms with Gasteiger partial charge in [0.05, 0.1) is 0 Å². The molecule has 0 spiro atoms. The minimum absolute atomic E-state index is 0.123. The third kappa shape index (κ3) is 2.21. The van der Waals surface area contributed by atoms with Crippen molar-refractivity contribution >= 4 is 11.6 Å². The van der Waals surface area contributed by atoms with Gasteiger partial charge in [0, 0.05) is 12.4 Å². The maximum atomic E-state index is 5.84. The summed E-state index contributed by atoms with van der Waals surface area (Å²) in [5.74, 6) is 0.414. The number of hydrogen-bond acceptors (Lipinski definition) is 5. The van der Waals surface area contributed by atoms with Gasteiger partial charge in [0.25, 0.3) is 0 Å². The minimum atomic E-state index is 0.123. The maximum Gasteiger partial charge on any atom is 0.322 e. The molecule has 1 saturated carbocycles. The van der Waals surface area contributed by atoms with Gasteiger partial charge in [0.2, 0.25) is 11.2 Å². The van der Waals surface area contributed by atoms with E-state index in [1.54, 1.807) is 23.3 Å². The summed E-state index contributed by atoms with van der Waals surface area (Å²) in [6.07, 6.45) is 8.47. The fraction of sp³-hybridized carbons (Fsp3) is 0.400. The van der Waals surface area contributed by atoms with Crippen LogP contribution in [-0.4, -0.2) is 30.6 Å². The number of rotatable bonds is 3. The number of nitrogens with zero attached hydrogens (tertiary/aromatic N) is 5. The van der Waals surface area contributed by atoms with Crippen molar-refractivity contribution in [1.82, 2.24) is 24.5 Å². The van der Waals surface area contributed by atoms with Crippen LogP contribution in [0.15, 0.2) is 18.7 Å². The standard InChI is InChI=1S/C10H10ClN5O/c11-8-13-9(16-5-4-12-6-16)15-10(14-8)17-7-2-1-3-7/h4-7H,1-3H2. The Bertz CT molecular complexity index is 511. The molecule has 0 aromatic carbocycles. The molecule has 0 aliphatic heterocycles. The number of imidazole rings is 1. The third-order valence-electron chi connectivity index (χ3n) is 2.64. The minimum Gasteiger partial charge on any atom is -0.460 e. The fourth-order valence-corrected chi connectivity index (χ4v) is 1.65. The lowest BCUT2D eigenvalue weighted by atomic mass is 9.96. The summed E-state index contributed by atoms with van der Waals surface area (Å²) < 4.78 is 7.24. The highest BCUT2D eigenvalue weighted by Gasteiger charge is 2.21. The van der Waals surface area contributed by atoms with Crippen molar-refractivity contribution in [2.45, 2.75) is 25.4 Å². The second kappa shape index (κ2) is 4.29. The molecule has 2 aromatic rings. The van der Waals surface area contributed by atoms with Crippen LogP contribution in [0.1, 0.15) is 19.3 Å². The third-order valence-corrected chi connectivity index (χ3v) is 2.80. The van der Waals surface area contributed by atoms with E-state index >= 15 is 0 Å². The van der Waals surface area contributed by atoms with E-state index in [0.717, 1.165) is 12.8 Å². The van der Waals surface area contributed by atoms with Gasteiger partial charge >= 0.3 is 6.01 Å². The van der Waals surface area contributed by atoms with Crippen molar-refractivity contribution in [3.63, 3.8) is 0 Å². The second-order valence-corrected chi connectivity index (χ2v) is 4.17. The van der Waals surface area contributed by atoms with Gasteiger partial charge in [-0.1, -0.05) is 0 Å². The van der Waals surface area contributed by atoms with Gasteiger partial charge in [-0.3, -0.25) is 4.57 Å². The van der Waals surface area contributed by atoms with E-state index in [2.05, 4.69) is 19.9 Å². The van der Waals surface area contributed by atoms with Crippen molar-refractivity contribution in [1.29, 1.82) is 0 Å². The monoisotopic (exact) mass is 251 g/mol. The van der Waals surface area contributed by atoms with Crippen LogP contribution in [0.3, 0.4) is 0 Å². The molecule has 0 bridgehead atoms. The first kappa shape index (κ1) is 10.5. The molecule has 6 nitrogen and oxygen atoms in total. The fourth-order valence-electron chi connectivity index (χ4n) is 1.51.